The Labute approximate surface area is 139 Å². The van der Waals surface area contributed by atoms with Gasteiger partial charge in [0.2, 0.25) is 0 Å². The molecule has 118 valence electrons. The normalized spacial score (nSPS) is 22.4. The molecule has 3 heteroatoms. The van der Waals surface area contributed by atoms with E-state index in [2.05, 4.69) is 28.9 Å². The lowest BCUT2D eigenvalue weighted by Crippen LogP contribution is -2.20. The summed E-state index contributed by atoms with van der Waals surface area (Å²) in [6.07, 6.45) is 7.22. The highest BCUT2D eigenvalue weighted by Crippen LogP contribution is 2.35. The van der Waals surface area contributed by atoms with Gasteiger partial charge in [0.25, 0.3) is 0 Å². The monoisotopic (exact) mass is 370 g/mol. The molecule has 1 fully saturated rings. The van der Waals surface area contributed by atoms with Crippen LogP contribution < -0.4 is 0 Å². The number of unbranched alkanes of at least 4 members (excludes halogenated alkanes) is 1. The van der Waals surface area contributed by atoms with Gasteiger partial charge in [0.15, 0.2) is 0 Å². The van der Waals surface area contributed by atoms with E-state index in [1.807, 2.05) is 12.1 Å². The second-order valence-electron chi connectivity index (χ2n) is 6.50. The molecule has 0 nitrogen and oxygen atoms in total. The minimum atomic E-state index is -0.468. The van der Waals surface area contributed by atoms with E-state index in [1.165, 1.54) is 49.4 Å². The lowest BCUT2D eigenvalue weighted by molar-refractivity contribution is 0.578. The highest BCUT2D eigenvalue weighted by molar-refractivity contribution is 9.09. The van der Waals surface area contributed by atoms with Gasteiger partial charge in [-0.25, -0.2) is 4.39 Å². The zero-order valence-electron chi connectivity index (χ0n) is 13.2. The quantitative estimate of drug-likeness (QED) is 0.311. The van der Waals surface area contributed by atoms with Crippen molar-refractivity contribution in [1.29, 1.82) is 0 Å². The van der Waals surface area contributed by atoms with Crippen molar-refractivity contribution in [1.82, 2.24) is 0 Å². The van der Waals surface area contributed by atoms with Crippen molar-refractivity contribution in [3.63, 3.8) is 0 Å². The molecule has 21 heavy (non-hydrogen) atoms. The minimum Gasteiger partial charge on any atom is -0.207 e. The second kappa shape index (κ2) is 9.09. The highest BCUT2D eigenvalue weighted by Gasteiger charge is 2.23. The molecule has 1 aliphatic rings. The first-order chi connectivity index (χ1) is 10.2. The van der Waals surface area contributed by atoms with E-state index >= 15 is 0 Å². The third-order valence-electron chi connectivity index (χ3n) is 4.91. The van der Waals surface area contributed by atoms with E-state index in [4.69, 9.17) is 0 Å². The maximum Gasteiger partial charge on any atom is 0.126 e. The summed E-state index contributed by atoms with van der Waals surface area (Å²) in [6.45, 7) is 2.11. The van der Waals surface area contributed by atoms with Crippen molar-refractivity contribution in [2.24, 2.45) is 0 Å². The van der Waals surface area contributed by atoms with Gasteiger partial charge in [0.1, 0.15) is 5.82 Å². The highest BCUT2D eigenvalue weighted by atomic mass is 79.9. The van der Waals surface area contributed by atoms with Gasteiger partial charge in [0.05, 0.1) is 0 Å². The molecule has 0 N–H and O–H groups in total. The Balaban J connectivity index is 1.85. The van der Waals surface area contributed by atoms with Crippen LogP contribution in [-0.4, -0.2) is 14.1 Å². The van der Waals surface area contributed by atoms with Crippen molar-refractivity contribution < 1.29 is 4.39 Å². The zero-order valence-corrected chi connectivity index (χ0v) is 16.0. The van der Waals surface area contributed by atoms with Crippen LogP contribution in [0.3, 0.4) is 0 Å². The van der Waals surface area contributed by atoms with E-state index in [0.29, 0.717) is 5.92 Å². The maximum absolute atomic E-state index is 14.1. The van der Waals surface area contributed by atoms with Crippen molar-refractivity contribution in [3.8, 4) is 0 Å². The van der Waals surface area contributed by atoms with E-state index in [9.17, 15) is 4.39 Å². The summed E-state index contributed by atoms with van der Waals surface area (Å²) >= 11 is 3.52. The molecule has 0 aliphatic carbocycles. The number of halogens is 2. The number of benzene rings is 1. The largest absolute Gasteiger partial charge is 0.207 e. The van der Waals surface area contributed by atoms with Gasteiger partial charge in [-0.3, -0.25) is 0 Å². The first-order valence-electron chi connectivity index (χ1n) is 8.58. The van der Waals surface area contributed by atoms with Gasteiger partial charge in [-0.15, -0.1) is 0 Å². The van der Waals surface area contributed by atoms with E-state index in [-0.39, 0.29) is 5.82 Å². The third kappa shape index (κ3) is 5.21. The average Bonchev–Trinajstić information content (AvgIpc) is 2.50. The lowest BCUT2D eigenvalue weighted by Gasteiger charge is -2.28. The van der Waals surface area contributed by atoms with Crippen LogP contribution in [0.5, 0.6) is 0 Å². The molecule has 1 heterocycles. The number of rotatable bonds is 7. The molecule has 0 atom stereocenters. The predicted octanol–water partition coefficient (Wildman–Crippen LogP) is 6.06. The maximum atomic E-state index is 14.1. The molecule has 1 aliphatic heterocycles. The van der Waals surface area contributed by atoms with Crippen molar-refractivity contribution in [3.05, 3.63) is 35.1 Å². The van der Waals surface area contributed by atoms with Crippen LogP contribution in [0.15, 0.2) is 18.2 Å². The van der Waals surface area contributed by atoms with Crippen molar-refractivity contribution >= 4 is 24.7 Å². The minimum absolute atomic E-state index is 0.0195. The molecule has 1 saturated heterocycles. The molecule has 0 unspecified atom stereocenters. The molecule has 0 saturated carbocycles. The molecular formula is C18H28BrFSi. The van der Waals surface area contributed by atoms with Gasteiger partial charge in [0, 0.05) is 14.1 Å². The van der Waals surface area contributed by atoms with Crippen LogP contribution in [-0.2, 0) is 6.42 Å². The van der Waals surface area contributed by atoms with Crippen LogP contribution in [0, 0.1) is 5.82 Å². The van der Waals surface area contributed by atoms with Crippen LogP contribution in [0.2, 0.25) is 18.1 Å². The van der Waals surface area contributed by atoms with Gasteiger partial charge in [-0.1, -0.05) is 66.0 Å². The molecule has 0 aromatic heterocycles. The Bertz CT molecular complexity index is 427. The van der Waals surface area contributed by atoms with Crippen molar-refractivity contribution in [2.45, 2.75) is 69.5 Å². The summed E-state index contributed by atoms with van der Waals surface area (Å²) in [6, 6.07) is 10.5. The number of aryl methyl sites for hydroxylation is 1. The van der Waals surface area contributed by atoms with Gasteiger partial charge < -0.3 is 0 Å². The Morgan fingerprint density at radius 1 is 1.24 bits per heavy atom. The molecule has 1 aromatic carbocycles. The fourth-order valence-corrected chi connectivity index (χ4v) is 7.48. The van der Waals surface area contributed by atoms with E-state index in [0.717, 1.165) is 23.7 Å². The first-order valence-corrected chi connectivity index (χ1v) is 12.2. The van der Waals surface area contributed by atoms with Crippen LogP contribution in [0.4, 0.5) is 4.39 Å². The number of hydrogen-bond acceptors (Lipinski definition) is 0. The SMILES string of the molecule is CCCc1ccc([C@H]2CC[Si@H](CCCCBr)CC2)cc1F. The molecule has 0 spiro atoms. The molecule has 0 radical (unpaired) electrons. The van der Waals surface area contributed by atoms with Crippen molar-refractivity contribution in [2.75, 3.05) is 5.33 Å². The third-order valence-corrected chi connectivity index (χ3v) is 9.00. The van der Waals surface area contributed by atoms with Gasteiger partial charge >= 0.3 is 0 Å². The van der Waals surface area contributed by atoms with Crippen LogP contribution >= 0.6 is 15.9 Å². The summed E-state index contributed by atoms with van der Waals surface area (Å²) in [5, 5.41) is 1.15. The molecule has 0 bridgehead atoms. The van der Waals surface area contributed by atoms with Crippen LogP contribution in [0.1, 0.15) is 56.1 Å². The predicted molar refractivity (Wildman–Crippen MR) is 97.0 cm³/mol. The van der Waals surface area contributed by atoms with Gasteiger partial charge in [-0.05, 0) is 48.8 Å². The van der Waals surface area contributed by atoms with E-state index < -0.39 is 8.80 Å². The Hall–Kier alpha value is -0.153. The summed E-state index contributed by atoms with van der Waals surface area (Å²) < 4.78 is 14.1. The molecule has 2 rings (SSSR count). The topological polar surface area (TPSA) is 0 Å². The molecular weight excluding hydrogens is 343 g/mol. The van der Waals surface area contributed by atoms with Crippen LogP contribution in [0.25, 0.3) is 0 Å². The number of alkyl halides is 1. The Morgan fingerprint density at radius 2 is 2.00 bits per heavy atom. The first kappa shape index (κ1) is 17.2. The summed E-state index contributed by atoms with van der Waals surface area (Å²) in [5.74, 6) is 0.640. The zero-order chi connectivity index (χ0) is 15.1. The van der Waals surface area contributed by atoms with E-state index in [1.54, 1.807) is 0 Å². The summed E-state index contributed by atoms with van der Waals surface area (Å²) in [4.78, 5) is 0. The Kier molecular flexibility index (Phi) is 7.45. The smallest absolute Gasteiger partial charge is 0.126 e. The average molecular weight is 371 g/mol. The summed E-state index contributed by atoms with van der Waals surface area (Å²) in [7, 11) is -0.468. The fourth-order valence-electron chi connectivity index (χ4n) is 3.60. The second-order valence-corrected chi connectivity index (χ2v) is 10.8. The lowest BCUT2D eigenvalue weighted by atomic mass is 9.92. The molecule has 0 amide bonds. The standard InChI is InChI=1S/C18H28BrFSi/c1-2-5-16-6-7-17(14-18(16)20)15-8-12-21(13-9-15)11-4-3-10-19/h6-7,14-15,21H,2-5,8-13H2,1H3/t15-,21-. The number of hydrogen-bond donors (Lipinski definition) is 0. The summed E-state index contributed by atoms with van der Waals surface area (Å²) in [5.41, 5.74) is 2.14. The molecule has 1 aromatic rings. The Morgan fingerprint density at radius 3 is 2.62 bits per heavy atom. The fraction of sp³-hybridized carbons (Fsp3) is 0.667. The van der Waals surface area contributed by atoms with Gasteiger partial charge in [-0.2, -0.15) is 0 Å².